The first-order valence-corrected chi connectivity index (χ1v) is 8.58. The minimum Gasteiger partial charge on any atom is -0.496 e. The van der Waals surface area contributed by atoms with Gasteiger partial charge in [-0.2, -0.15) is 0 Å². The van der Waals surface area contributed by atoms with E-state index in [9.17, 15) is 14.7 Å². The molecule has 1 amide bonds. The largest absolute Gasteiger partial charge is 0.496 e. The number of amides is 1. The van der Waals surface area contributed by atoms with Crippen molar-refractivity contribution in [3.63, 3.8) is 0 Å². The molecule has 3 rings (SSSR count). The number of para-hydroxylation sites is 1. The Labute approximate surface area is 147 Å². The Balaban J connectivity index is 1.95. The molecule has 1 aromatic carbocycles. The second kappa shape index (κ2) is 7.01. The minimum atomic E-state index is -1.04. The van der Waals surface area contributed by atoms with Crippen molar-refractivity contribution in [2.45, 2.75) is 31.5 Å². The van der Waals surface area contributed by atoms with Crippen LogP contribution in [-0.4, -0.2) is 71.9 Å². The Kier molecular flexibility index (Phi) is 4.96. The minimum absolute atomic E-state index is 0.0162. The molecule has 7 heteroatoms. The van der Waals surface area contributed by atoms with E-state index in [1.165, 1.54) is 12.0 Å². The van der Waals surface area contributed by atoms with Crippen molar-refractivity contribution in [1.82, 2.24) is 9.80 Å². The summed E-state index contributed by atoms with van der Waals surface area (Å²) in [5, 5.41) is 9.60. The second-order valence-corrected chi connectivity index (χ2v) is 6.42. The molecule has 0 radical (unpaired) electrons. The first-order chi connectivity index (χ1) is 12.0. The van der Waals surface area contributed by atoms with Crippen LogP contribution in [0.3, 0.4) is 0 Å². The molecule has 0 bridgehead atoms. The zero-order valence-corrected chi connectivity index (χ0v) is 14.6. The van der Waals surface area contributed by atoms with Gasteiger partial charge in [-0.05, 0) is 18.7 Å². The number of benzene rings is 1. The molecule has 2 aliphatic rings. The summed E-state index contributed by atoms with van der Waals surface area (Å²) in [4.78, 5) is 28.7. The van der Waals surface area contributed by atoms with E-state index < -0.39 is 17.7 Å². The molecule has 0 unspecified atom stereocenters. The number of carbonyl (C=O) groups is 2. The van der Waals surface area contributed by atoms with Gasteiger partial charge in [0.2, 0.25) is 0 Å². The molecular formula is C18H24N2O5. The van der Waals surface area contributed by atoms with Gasteiger partial charge in [-0.25, -0.2) is 4.79 Å². The quantitative estimate of drug-likeness (QED) is 0.887. The number of likely N-dealkylation sites (tertiary alicyclic amines) is 1. The molecule has 136 valence electrons. The van der Waals surface area contributed by atoms with Crippen LogP contribution in [-0.2, 0) is 9.53 Å². The van der Waals surface area contributed by atoms with Gasteiger partial charge in [-0.3, -0.25) is 9.69 Å². The SMILES string of the molecule is CCN1CCC2(CC1)OC[C@@H](C(=O)O)N2C(=O)c1ccccc1OC. The van der Waals surface area contributed by atoms with Crippen molar-refractivity contribution < 1.29 is 24.2 Å². The monoisotopic (exact) mass is 348 g/mol. The molecule has 1 N–H and O–H groups in total. The molecule has 7 nitrogen and oxygen atoms in total. The van der Waals surface area contributed by atoms with Crippen LogP contribution in [0, 0.1) is 0 Å². The van der Waals surface area contributed by atoms with E-state index in [4.69, 9.17) is 9.47 Å². The number of methoxy groups -OCH3 is 1. The van der Waals surface area contributed by atoms with E-state index in [0.717, 1.165) is 19.6 Å². The number of nitrogens with zero attached hydrogens (tertiary/aromatic N) is 2. The van der Waals surface area contributed by atoms with Gasteiger partial charge in [0, 0.05) is 25.9 Å². The maximum Gasteiger partial charge on any atom is 0.328 e. The van der Waals surface area contributed by atoms with Crippen LogP contribution >= 0.6 is 0 Å². The van der Waals surface area contributed by atoms with Crippen LogP contribution in [0.25, 0.3) is 0 Å². The highest BCUT2D eigenvalue weighted by molar-refractivity contribution is 5.99. The number of carbonyl (C=O) groups excluding carboxylic acids is 1. The summed E-state index contributed by atoms with van der Waals surface area (Å²) in [6.45, 7) is 4.59. The molecular weight excluding hydrogens is 324 g/mol. The zero-order chi connectivity index (χ0) is 18.0. The fourth-order valence-electron chi connectivity index (χ4n) is 3.73. The van der Waals surface area contributed by atoms with Crippen molar-refractivity contribution in [2.24, 2.45) is 0 Å². The van der Waals surface area contributed by atoms with E-state index in [2.05, 4.69) is 11.8 Å². The molecule has 1 atom stereocenters. The third-order valence-corrected chi connectivity index (χ3v) is 5.19. The number of hydrogen-bond acceptors (Lipinski definition) is 5. The maximum absolute atomic E-state index is 13.3. The third-order valence-electron chi connectivity index (χ3n) is 5.19. The highest BCUT2D eigenvalue weighted by Crippen LogP contribution is 2.39. The molecule has 2 fully saturated rings. The van der Waals surface area contributed by atoms with Crippen molar-refractivity contribution in [3.05, 3.63) is 29.8 Å². The smallest absolute Gasteiger partial charge is 0.328 e. The number of ether oxygens (including phenoxy) is 2. The van der Waals surface area contributed by atoms with Crippen molar-refractivity contribution in [3.8, 4) is 5.75 Å². The third kappa shape index (κ3) is 3.09. The van der Waals surface area contributed by atoms with E-state index in [1.54, 1.807) is 24.3 Å². The predicted octanol–water partition coefficient (Wildman–Crippen LogP) is 1.43. The Morgan fingerprint density at radius 3 is 2.60 bits per heavy atom. The first kappa shape index (κ1) is 17.7. The van der Waals surface area contributed by atoms with E-state index in [1.807, 2.05) is 0 Å². The Bertz CT molecular complexity index is 655. The lowest BCUT2D eigenvalue weighted by molar-refractivity contribution is -0.143. The number of rotatable bonds is 4. The lowest BCUT2D eigenvalue weighted by atomic mass is 9.96. The van der Waals surface area contributed by atoms with Crippen molar-refractivity contribution >= 4 is 11.9 Å². The lowest BCUT2D eigenvalue weighted by Crippen LogP contribution is -2.58. The van der Waals surface area contributed by atoms with Crippen LogP contribution in [0.15, 0.2) is 24.3 Å². The van der Waals surface area contributed by atoms with Crippen LogP contribution < -0.4 is 4.74 Å². The summed E-state index contributed by atoms with van der Waals surface area (Å²) >= 11 is 0. The highest BCUT2D eigenvalue weighted by Gasteiger charge is 2.54. The molecule has 1 spiro atoms. The predicted molar refractivity (Wildman–Crippen MR) is 90.6 cm³/mol. The van der Waals surface area contributed by atoms with Crippen molar-refractivity contribution in [1.29, 1.82) is 0 Å². The molecule has 2 saturated heterocycles. The Hall–Kier alpha value is -2.12. The normalized spacial score (nSPS) is 23.0. The average Bonchev–Trinajstić information content (AvgIpc) is 3.01. The molecule has 2 aliphatic heterocycles. The number of piperidine rings is 1. The van der Waals surface area contributed by atoms with Crippen LogP contribution in [0.2, 0.25) is 0 Å². The van der Waals surface area contributed by atoms with Crippen LogP contribution in [0.5, 0.6) is 5.75 Å². The van der Waals surface area contributed by atoms with Gasteiger partial charge in [-0.1, -0.05) is 19.1 Å². The van der Waals surface area contributed by atoms with Gasteiger partial charge >= 0.3 is 5.97 Å². The Morgan fingerprint density at radius 1 is 1.32 bits per heavy atom. The van der Waals surface area contributed by atoms with Gasteiger partial charge in [-0.15, -0.1) is 0 Å². The maximum atomic E-state index is 13.3. The van der Waals surface area contributed by atoms with Crippen LogP contribution in [0.1, 0.15) is 30.1 Å². The summed E-state index contributed by atoms with van der Waals surface area (Å²) in [7, 11) is 1.50. The number of hydrogen-bond donors (Lipinski definition) is 1. The summed E-state index contributed by atoms with van der Waals surface area (Å²) < 4.78 is 11.2. The Morgan fingerprint density at radius 2 is 2.00 bits per heavy atom. The fraction of sp³-hybridized carbons (Fsp3) is 0.556. The summed E-state index contributed by atoms with van der Waals surface area (Å²) in [5.41, 5.74) is -0.494. The lowest BCUT2D eigenvalue weighted by Gasteiger charge is -2.44. The van der Waals surface area contributed by atoms with Gasteiger partial charge in [0.25, 0.3) is 5.91 Å². The zero-order valence-electron chi connectivity index (χ0n) is 14.6. The van der Waals surface area contributed by atoms with E-state index in [-0.39, 0.29) is 12.5 Å². The summed E-state index contributed by atoms with van der Waals surface area (Å²) in [6.07, 6.45) is 1.21. The molecule has 0 aromatic heterocycles. The summed E-state index contributed by atoms with van der Waals surface area (Å²) in [6, 6.07) is 5.90. The van der Waals surface area contributed by atoms with Gasteiger partial charge in [0.05, 0.1) is 19.3 Å². The van der Waals surface area contributed by atoms with Gasteiger partial charge < -0.3 is 19.5 Å². The molecule has 0 saturated carbocycles. The number of aliphatic carboxylic acids is 1. The van der Waals surface area contributed by atoms with Gasteiger partial charge in [0.15, 0.2) is 6.04 Å². The summed E-state index contributed by atoms with van der Waals surface area (Å²) in [5.74, 6) is -0.963. The first-order valence-electron chi connectivity index (χ1n) is 8.58. The molecule has 25 heavy (non-hydrogen) atoms. The highest BCUT2D eigenvalue weighted by atomic mass is 16.5. The molecule has 0 aliphatic carbocycles. The van der Waals surface area contributed by atoms with E-state index >= 15 is 0 Å². The van der Waals surface area contributed by atoms with Crippen LogP contribution in [0.4, 0.5) is 0 Å². The second-order valence-electron chi connectivity index (χ2n) is 6.42. The fourth-order valence-corrected chi connectivity index (χ4v) is 3.73. The van der Waals surface area contributed by atoms with Crippen molar-refractivity contribution in [2.75, 3.05) is 33.4 Å². The molecule has 1 aromatic rings. The molecule has 2 heterocycles. The van der Waals surface area contributed by atoms with Gasteiger partial charge in [0.1, 0.15) is 11.5 Å². The number of carboxylic acid groups (broad SMARTS) is 1. The van der Waals surface area contributed by atoms with E-state index in [0.29, 0.717) is 24.2 Å². The average molecular weight is 348 g/mol. The standard InChI is InChI=1S/C18H24N2O5/c1-3-19-10-8-18(9-11-19)20(14(12-25-18)17(22)23)16(21)13-6-4-5-7-15(13)24-2/h4-7,14H,3,8-12H2,1-2H3,(H,22,23)/t14-/m0/s1. The number of carboxylic acids is 1. The topological polar surface area (TPSA) is 79.3 Å².